The van der Waals surface area contributed by atoms with Crippen LogP contribution < -0.4 is 0 Å². The predicted octanol–water partition coefficient (Wildman–Crippen LogP) is 6.53. The van der Waals surface area contributed by atoms with Gasteiger partial charge in [0.1, 0.15) is 11.6 Å². The molecule has 0 aliphatic heterocycles. The van der Waals surface area contributed by atoms with Crippen molar-refractivity contribution in [3.05, 3.63) is 11.6 Å². The molecule has 184 valence electrons. The monoisotopic (exact) mass is 454 g/mol. The van der Waals surface area contributed by atoms with E-state index < -0.39 is 5.41 Å². The van der Waals surface area contributed by atoms with Gasteiger partial charge in [0.2, 0.25) is 0 Å². The molecule has 4 saturated carbocycles. The first-order chi connectivity index (χ1) is 15.2. The Bertz CT molecular complexity index is 931. The molecule has 33 heavy (non-hydrogen) atoms. The van der Waals surface area contributed by atoms with E-state index >= 15 is 0 Å². The molecule has 0 heterocycles. The van der Waals surface area contributed by atoms with Crippen LogP contribution >= 0.6 is 0 Å². The van der Waals surface area contributed by atoms with E-state index in [9.17, 15) is 14.7 Å². The van der Waals surface area contributed by atoms with E-state index in [0.29, 0.717) is 30.5 Å². The molecule has 0 saturated heterocycles. The molecular weight excluding hydrogens is 408 g/mol. The number of Topliss-reactive ketones (excluding diaryl/α,β-unsaturated/α-hetero) is 2. The van der Waals surface area contributed by atoms with Gasteiger partial charge >= 0.3 is 0 Å². The van der Waals surface area contributed by atoms with Crippen LogP contribution in [-0.2, 0) is 9.59 Å². The number of rotatable bonds is 1. The number of hydrogen-bond donors (Lipinski definition) is 1. The molecular formula is C30H46O3. The predicted molar refractivity (Wildman–Crippen MR) is 132 cm³/mol. The smallest absolute Gasteiger partial charge is 0.141 e. The number of aliphatic hydroxyl groups excluding tert-OH is 1. The lowest BCUT2D eigenvalue weighted by molar-refractivity contribution is -0.181. The van der Waals surface area contributed by atoms with Crippen molar-refractivity contribution in [3.63, 3.8) is 0 Å². The van der Waals surface area contributed by atoms with Crippen LogP contribution in [0, 0.1) is 50.2 Å². The largest absolute Gasteiger partial charge is 0.395 e. The standard InChI is InChI=1S/C30H46O3/c1-25(2)16-24(33)29(6)15-10-19-20(30(29,7)17-25)8-9-21-26(19,3)13-11-22-27(21,4)14-12-23(32)28(22,5)18-31/h8,19,21-22,31H,9-18H2,1-7H3/t19-,21+,22+,26+,27-,28-,29+,30+/m1/s1. The molecule has 5 aliphatic carbocycles. The highest BCUT2D eigenvalue weighted by molar-refractivity contribution is 5.88. The Labute approximate surface area is 201 Å². The average Bonchev–Trinajstić information content (AvgIpc) is 2.72. The Morgan fingerprint density at radius 2 is 1.55 bits per heavy atom. The Hall–Kier alpha value is -0.960. The van der Waals surface area contributed by atoms with Gasteiger partial charge in [0.15, 0.2) is 0 Å². The summed E-state index contributed by atoms with van der Waals surface area (Å²) in [6, 6.07) is 0. The van der Waals surface area contributed by atoms with Crippen LogP contribution in [0.25, 0.3) is 0 Å². The molecule has 4 fully saturated rings. The minimum Gasteiger partial charge on any atom is -0.395 e. The van der Waals surface area contributed by atoms with Gasteiger partial charge in [-0.05, 0) is 78.9 Å². The van der Waals surface area contributed by atoms with Crippen LogP contribution in [0.1, 0.15) is 106 Å². The maximum Gasteiger partial charge on any atom is 0.141 e. The summed E-state index contributed by atoms with van der Waals surface area (Å²) in [4.78, 5) is 26.4. The molecule has 0 amide bonds. The molecule has 0 spiro atoms. The molecule has 3 nitrogen and oxygen atoms in total. The van der Waals surface area contributed by atoms with Gasteiger partial charge in [0, 0.05) is 23.7 Å². The zero-order valence-electron chi connectivity index (χ0n) is 22.1. The highest BCUT2D eigenvalue weighted by Gasteiger charge is 2.68. The minimum atomic E-state index is -0.588. The third-order valence-corrected chi connectivity index (χ3v) is 12.6. The van der Waals surface area contributed by atoms with Crippen molar-refractivity contribution in [2.24, 2.45) is 50.2 Å². The van der Waals surface area contributed by atoms with Crippen LogP contribution in [0.15, 0.2) is 11.6 Å². The summed E-state index contributed by atoms with van der Waals surface area (Å²) >= 11 is 0. The number of ketones is 2. The molecule has 0 aromatic heterocycles. The Morgan fingerprint density at radius 1 is 0.848 bits per heavy atom. The first-order valence-corrected chi connectivity index (χ1v) is 13.6. The van der Waals surface area contributed by atoms with E-state index in [1.807, 2.05) is 6.92 Å². The lowest BCUT2D eigenvalue weighted by Crippen LogP contribution is -2.64. The number of hydrogen-bond acceptors (Lipinski definition) is 3. The summed E-state index contributed by atoms with van der Waals surface area (Å²) in [7, 11) is 0. The fraction of sp³-hybridized carbons (Fsp3) is 0.867. The molecule has 8 atom stereocenters. The van der Waals surface area contributed by atoms with Gasteiger partial charge in [-0.15, -0.1) is 0 Å². The van der Waals surface area contributed by atoms with Gasteiger partial charge < -0.3 is 5.11 Å². The molecule has 0 unspecified atom stereocenters. The summed E-state index contributed by atoms with van der Waals surface area (Å²) in [5, 5.41) is 10.3. The Kier molecular flexibility index (Phi) is 4.92. The van der Waals surface area contributed by atoms with E-state index in [1.165, 1.54) is 0 Å². The number of allylic oxidation sites excluding steroid dienone is 2. The number of aliphatic hydroxyl groups is 1. The SMILES string of the molecule is CC1(C)CC(=O)[C@]2(C)CC[C@@H]3C(=CC[C@H]4[C@@]3(C)CC[C@H]3[C@]4(C)CCC(=O)[C@]3(C)CO)[C@]2(C)C1. The lowest BCUT2D eigenvalue weighted by atomic mass is 9.35. The van der Waals surface area contributed by atoms with Gasteiger partial charge in [0.05, 0.1) is 12.0 Å². The lowest BCUT2D eigenvalue weighted by Gasteiger charge is -2.69. The number of carbonyl (C=O) groups is 2. The van der Waals surface area contributed by atoms with Gasteiger partial charge in [0.25, 0.3) is 0 Å². The molecule has 0 bridgehead atoms. The van der Waals surface area contributed by atoms with Crippen molar-refractivity contribution in [1.29, 1.82) is 0 Å². The summed E-state index contributed by atoms with van der Waals surface area (Å²) in [6.07, 6.45) is 11.3. The molecule has 0 aromatic carbocycles. The normalized spacial score (nSPS) is 53.3. The van der Waals surface area contributed by atoms with Crippen molar-refractivity contribution in [2.75, 3.05) is 6.61 Å². The van der Waals surface area contributed by atoms with Crippen LogP contribution in [0.2, 0.25) is 0 Å². The molecule has 0 radical (unpaired) electrons. The topological polar surface area (TPSA) is 54.4 Å². The average molecular weight is 455 g/mol. The van der Waals surface area contributed by atoms with E-state index in [-0.39, 0.29) is 45.4 Å². The van der Waals surface area contributed by atoms with Crippen LogP contribution in [-0.4, -0.2) is 23.3 Å². The fourth-order valence-electron chi connectivity index (χ4n) is 10.6. The summed E-state index contributed by atoms with van der Waals surface area (Å²) in [5.74, 6) is 2.09. The highest BCUT2D eigenvalue weighted by Crippen LogP contribution is 2.73. The van der Waals surface area contributed by atoms with E-state index in [0.717, 1.165) is 44.9 Å². The number of carbonyl (C=O) groups excluding carboxylic acids is 2. The van der Waals surface area contributed by atoms with Gasteiger partial charge in [-0.25, -0.2) is 0 Å². The van der Waals surface area contributed by atoms with Crippen LogP contribution in [0.4, 0.5) is 0 Å². The van der Waals surface area contributed by atoms with Crippen molar-refractivity contribution >= 4 is 11.6 Å². The third kappa shape index (κ3) is 2.78. The summed E-state index contributed by atoms with van der Waals surface area (Å²) < 4.78 is 0. The second-order valence-corrected chi connectivity index (χ2v) is 14.7. The molecule has 1 N–H and O–H groups in total. The van der Waals surface area contributed by atoms with Crippen molar-refractivity contribution < 1.29 is 14.7 Å². The minimum absolute atomic E-state index is 0.0202. The molecule has 5 rings (SSSR count). The van der Waals surface area contributed by atoms with Gasteiger partial charge in [-0.2, -0.15) is 0 Å². The first-order valence-electron chi connectivity index (χ1n) is 13.6. The van der Waals surface area contributed by atoms with Crippen LogP contribution in [0.5, 0.6) is 0 Å². The van der Waals surface area contributed by atoms with Crippen molar-refractivity contribution in [1.82, 2.24) is 0 Å². The maximum absolute atomic E-state index is 13.5. The zero-order chi connectivity index (χ0) is 24.2. The van der Waals surface area contributed by atoms with Gasteiger partial charge in [-0.3, -0.25) is 9.59 Å². The highest BCUT2D eigenvalue weighted by atomic mass is 16.3. The van der Waals surface area contributed by atoms with E-state index in [4.69, 9.17) is 0 Å². The second kappa shape index (κ2) is 6.83. The Balaban J connectivity index is 1.59. The maximum atomic E-state index is 13.5. The molecule has 5 aliphatic rings. The third-order valence-electron chi connectivity index (χ3n) is 12.6. The second-order valence-electron chi connectivity index (χ2n) is 14.7. The quantitative estimate of drug-likeness (QED) is 0.458. The summed E-state index contributed by atoms with van der Waals surface area (Å²) in [5.41, 5.74) is 1.07. The van der Waals surface area contributed by atoms with Crippen molar-refractivity contribution in [2.45, 2.75) is 106 Å². The van der Waals surface area contributed by atoms with Crippen molar-refractivity contribution in [3.8, 4) is 0 Å². The van der Waals surface area contributed by atoms with E-state index in [2.05, 4.69) is 47.6 Å². The summed E-state index contributed by atoms with van der Waals surface area (Å²) in [6.45, 7) is 16.3. The van der Waals surface area contributed by atoms with Crippen LogP contribution in [0.3, 0.4) is 0 Å². The van der Waals surface area contributed by atoms with E-state index in [1.54, 1.807) is 5.57 Å². The fourth-order valence-corrected chi connectivity index (χ4v) is 10.6. The zero-order valence-corrected chi connectivity index (χ0v) is 22.1. The number of fused-ring (bicyclic) bond motifs is 7. The van der Waals surface area contributed by atoms with Gasteiger partial charge in [-0.1, -0.05) is 60.1 Å². The Morgan fingerprint density at radius 3 is 2.21 bits per heavy atom. The molecule has 3 heteroatoms. The molecule has 0 aromatic rings. The first kappa shape index (κ1) is 23.8.